The van der Waals surface area contributed by atoms with E-state index in [9.17, 15) is 4.79 Å². The fourth-order valence-electron chi connectivity index (χ4n) is 5.02. The van der Waals surface area contributed by atoms with Crippen molar-refractivity contribution in [1.82, 2.24) is 25.3 Å². The summed E-state index contributed by atoms with van der Waals surface area (Å²) in [6, 6.07) is 15.0. The molecule has 4 aromatic rings. The molecule has 38 heavy (non-hydrogen) atoms. The number of esters is 1. The first kappa shape index (κ1) is 24.2. The molecule has 0 saturated carbocycles. The molecule has 3 aromatic heterocycles. The summed E-state index contributed by atoms with van der Waals surface area (Å²) in [4.78, 5) is 34.2. The van der Waals surface area contributed by atoms with E-state index in [0.717, 1.165) is 73.7 Å². The largest absolute Gasteiger partial charge is 0.453 e. The molecule has 5 heterocycles. The Labute approximate surface area is 221 Å². The summed E-state index contributed by atoms with van der Waals surface area (Å²) in [5, 5.41) is 7.52. The van der Waals surface area contributed by atoms with Gasteiger partial charge < -0.3 is 20.3 Å². The summed E-state index contributed by atoms with van der Waals surface area (Å²) in [5.74, 6) is 1.64. The van der Waals surface area contributed by atoms with Crippen molar-refractivity contribution >= 4 is 34.5 Å². The molecule has 2 aliphatic heterocycles. The zero-order valence-electron chi connectivity index (χ0n) is 21.5. The Hall–Kier alpha value is -4.11. The van der Waals surface area contributed by atoms with Crippen LogP contribution in [0.25, 0.3) is 10.9 Å². The second-order valence-electron chi connectivity index (χ2n) is 9.82. The number of hydrogen-bond donors (Lipinski definition) is 2. The van der Waals surface area contributed by atoms with Crippen molar-refractivity contribution in [2.75, 3.05) is 29.9 Å². The first-order valence-corrected chi connectivity index (χ1v) is 13.3. The number of aromatic nitrogens is 4. The highest BCUT2D eigenvalue weighted by Gasteiger charge is 2.22. The molecule has 2 N–H and O–H groups in total. The number of ether oxygens (including phenoxy) is 1. The molecule has 1 saturated heterocycles. The maximum absolute atomic E-state index is 12.7. The van der Waals surface area contributed by atoms with Crippen LogP contribution in [0.3, 0.4) is 0 Å². The number of carbonyl (C=O) groups is 1. The lowest BCUT2D eigenvalue weighted by molar-refractivity contribution is 0.0329. The van der Waals surface area contributed by atoms with Gasteiger partial charge in [-0.2, -0.15) is 0 Å². The van der Waals surface area contributed by atoms with E-state index in [1.54, 1.807) is 18.3 Å². The quantitative estimate of drug-likeness (QED) is 0.357. The van der Waals surface area contributed by atoms with Crippen LogP contribution in [0.4, 0.5) is 17.6 Å². The summed E-state index contributed by atoms with van der Waals surface area (Å²) in [7, 11) is 0. The zero-order valence-corrected chi connectivity index (χ0v) is 21.5. The van der Waals surface area contributed by atoms with E-state index in [2.05, 4.69) is 26.6 Å². The molecule has 0 bridgehead atoms. The van der Waals surface area contributed by atoms with Gasteiger partial charge in [0.05, 0.1) is 11.3 Å². The first-order chi connectivity index (χ1) is 18.6. The predicted molar refractivity (Wildman–Crippen MR) is 147 cm³/mol. The molecule has 0 radical (unpaired) electrons. The lowest BCUT2D eigenvalue weighted by atomic mass is 10.1. The third-order valence-corrected chi connectivity index (χ3v) is 7.10. The summed E-state index contributed by atoms with van der Waals surface area (Å²) in [6.45, 7) is 5.46. The highest BCUT2D eigenvalue weighted by molar-refractivity contribution is 5.91. The Balaban J connectivity index is 1.32. The molecule has 2 aliphatic rings. The minimum absolute atomic E-state index is 0.372. The zero-order chi connectivity index (χ0) is 25.9. The molecular weight excluding hydrogens is 478 g/mol. The summed E-state index contributed by atoms with van der Waals surface area (Å²) >= 11 is 0. The van der Waals surface area contributed by atoms with Gasteiger partial charge in [0.25, 0.3) is 0 Å². The van der Waals surface area contributed by atoms with Crippen molar-refractivity contribution in [2.45, 2.75) is 45.3 Å². The second-order valence-corrected chi connectivity index (χ2v) is 9.82. The number of anilines is 3. The number of nitrogens with one attached hydrogen (secondary N) is 2. The summed E-state index contributed by atoms with van der Waals surface area (Å²) < 4.78 is 5.78. The number of piperidine rings is 1. The molecule has 0 amide bonds. The smallest absolute Gasteiger partial charge is 0.338 e. The maximum atomic E-state index is 12.7. The molecule has 194 valence electrons. The van der Waals surface area contributed by atoms with E-state index in [4.69, 9.17) is 19.7 Å². The number of pyridine rings is 2. The average molecular weight is 510 g/mol. The molecule has 9 heteroatoms. The van der Waals surface area contributed by atoms with Crippen LogP contribution in [-0.4, -0.2) is 45.5 Å². The molecule has 1 atom stereocenters. The van der Waals surface area contributed by atoms with Gasteiger partial charge in [0.2, 0.25) is 5.95 Å². The van der Waals surface area contributed by atoms with Gasteiger partial charge in [0.1, 0.15) is 17.4 Å². The first-order valence-electron chi connectivity index (χ1n) is 13.3. The highest BCUT2D eigenvalue weighted by atomic mass is 16.5. The lowest BCUT2D eigenvalue weighted by Gasteiger charge is -2.29. The minimum Gasteiger partial charge on any atom is -0.453 e. The van der Waals surface area contributed by atoms with Crippen LogP contribution in [0, 0.1) is 0 Å². The molecular formula is C29H31N7O2. The lowest BCUT2D eigenvalue weighted by Crippen LogP contribution is -2.31. The van der Waals surface area contributed by atoms with Crippen LogP contribution in [-0.2, 0) is 17.7 Å². The fourth-order valence-corrected chi connectivity index (χ4v) is 5.02. The van der Waals surface area contributed by atoms with Gasteiger partial charge in [0, 0.05) is 49.9 Å². The Morgan fingerprint density at radius 1 is 1.05 bits per heavy atom. The van der Waals surface area contributed by atoms with E-state index in [1.807, 2.05) is 37.3 Å². The Morgan fingerprint density at radius 3 is 2.74 bits per heavy atom. The Morgan fingerprint density at radius 2 is 1.89 bits per heavy atom. The van der Waals surface area contributed by atoms with Crippen LogP contribution in [0.15, 0.2) is 54.7 Å². The van der Waals surface area contributed by atoms with Gasteiger partial charge in [0.15, 0.2) is 5.82 Å². The third-order valence-electron chi connectivity index (χ3n) is 7.10. The van der Waals surface area contributed by atoms with E-state index in [-0.39, 0.29) is 5.97 Å². The summed E-state index contributed by atoms with van der Waals surface area (Å²) in [6.07, 6.45) is 5.61. The van der Waals surface area contributed by atoms with E-state index >= 15 is 0 Å². The van der Waals surface area contributed by atoms with Crippen molar-refractivity contribution < 1.29 is 9.53 Å². The highest BCUT2D eigenvalue weighted by Crippen LogP contribution is 2.30. The van der Waals surface area contributed by atoms with E-state index < -0.39 is 6.10 Å². The van der Waals surface area contributed by atoms with Gasteiger partial charge in [-0.15, -0.1) is 0 Å². The van der Waals surface area contributed by atoms with Crippen LogP contribution in [0.5, 0.6) is 0 Å². The number of nitrogens with zero attached hydrogens (tertiary/aromatic N) is 5. The molecule has 6 rings (SSSR count). The van der Waals surface area contributed by atoms with Crippen molar-refractivity contribution in [1.29, 1.82) is 0 Å². The number of fused-ring (bicyclic) bond motifs is 2. The molecule has 1 aromatic carbocycles. The number of rotatable bonds is 6. The Kier molecular flexibility index (Phi) is 6.83. The Bertz CT molecular complexity index is 1450. The number of carbonyl (C=O) groups excluding carboxylic acids is 1. The standard InChI is InChI=1S/C29H31N7O2/c1-19(38-28(37)20-8-4-2-5-9-20)24-16-22-18-31-29(34-25-11-10-21-17-30-13-12-23(21)32-25)35-26(22)27(33-24)36-14-6-3-7-15-36/h2,4-5,8-11,16,18-19,30H,3,6-7,12-15,17H2,1H3,(H,31,32,34,35). The third kappa shape index (κ3) is 5.15. The minimum atomic E-state index is -0.525. The SMILES string of the molecule is CC(OC(=O)c1ccccc1)c1cc2cnc(Nc3ccc4c(n3)CCNC4)nc2c(N2CCCCC2)n1. The second kappa shape index (κ2) is 10.7. The van der Waals surface area contributed by atoms with Gasteiger partial charge in [-0.25, -0.2) is 24.7 Å². The average Bonchev–Trinajstić information content (AvgIpc) is 2.97. The van der Waals surface area contributed by atoms with Crippen molar-refractivity contribution in [3.05, 3.63) is 77.2 Å². The number of benzene rings is 1. The van der Waals surface area contributed by atoms with Crippen LogP contribution >= 0.6 is 0 Å². The van der Waals surface area contributed by atoms with Gasteiger partial charge in [-0.3, -0.25) is 0 Å². The molecule has 1 fully saturated rings. The number of hydrogen-bond acceptors (Lipinski definition) is 9. The molecule has 9 nitrogen and oxygen atoms in total. The van der Waals surface area contributed by atoms with E-state index in [1.165, 1.54) is 12.0 Å². The normalized spacial score (nSPS) is 16.1. The fraction of sp³-hybridized carbons (Fsp3) is 0.345. The molecule has 0 spiro atoms. The van der Waals surface area contributed by atoms with Gasteiger partial charge >= 0.3 is 5.97 Å². The van der Waals surface area contributed by atoms with Crippen LogP contribution in [0.1, 0.15) is 59.6 Å². The van der Waals surface area contributed by atoms with Crippen LogP contribution in [0.2, 0.25) is 0 Å². The molecule has 1 unspecified atom stereocenters. The van der Waals surface area contributed by atoms with Crippen LogP contribution < -0.4 is 15.5 Å². The topological polar surface area (TPSA) is 105 Å². The maximum Gasteiger partial charge on any atom is 0.338 e. The van der Waals surface area contributed by atoms with E-state index in [0.29, 0.717) is 17.2 Å². The van der Waals surface area contributed by atoms with Crippen molar-refractivity contribution in [3.63, 3.8) is 0 Å². The summed E-state index contributed by atoms with van der Waals surface area (Å²) in [5.41, 5.74) is 4.30. The molecule has 0 aliphatic carbocycles. The van der Waals surface area contributed by atoms with Gasteiger partial charge in [-0.05, 0) is 56.0 Å². The monoisotopic (exact) mass is 509 g/mol. The van der Waals surface area contributed by atoms with Crippen molar-refractivity contribution in [2.24, 2.45) is 0 Å². The predicted octanol–water partition coefficient (Wildman–Crippen LogP) is 4.72. The van der Waals surface area contributed by atoms with Gasteiger partial charge in [-0.1, -0.05) is 24.3 Å². The van der Waals surface area contributed by atoms with Crippen molar-refractivity contribution in [3.8, 4) is 0 Å².